The van der Waals surface area contributed by atoms with Crippen molar-refractivity contribution in [1.29, 1.82) is 0 Å². The summed E-state index contributed by atoms with van der Waals surface area (Å²) in [6, 6.07) is 11.5. The third-order valence-electron chi connectivity index (χ3n) is 12.0. The van der Waals surface area contributed by atoms with E-state index in [-0.39, 0.29) is 35.5 Å². The van der Waals surface area contributed by atoms with E-state index in [1.54, 1.807) is 0 Å². The third kappa shape index (κ3) is 12.2. The van der Waals surface area contributed by atoms with Crippen LogP contribution in [-0.2, 0) is 24.4 Å². The first-order chi connectivity index (χ1) is 31.9. The van der Waals surface area contributed by atoms with Crippen LogP contribution < -0.4 is 18.9 Å². The van der Waals surface area contributed by atoms with Crippen LogP contribution in [0.5, 0.6) is 23.0 Å². The summed E-state index contributed by atoms with van der Waals surface area (Å²) in [5, 5.41) is 0. The maximum atomic E-state index is 14.9. The van der Waals surface area contributed by atoms with Crippen molar-refractivity contribution < 1.29 is 82.6 Å². The lowest BCUT2D eigenvalue weighted by Gasteiger charge is -2.40. The van der Waals surface area contributed by atoms with Crippen molar-refractivity contribution in [3.63, 3.8) is 0 Å². The van der Waals surface area contributed by atoms with E-state index in [9.17, 15) is 44.7 Å². The number of halogens is 8. The molecule has 0 radical (unpaired) electrons. The van der Waals surface area contributed by atoms with Crippen LogP contribution in [-0.4, -0.2) is 90.4 Å². The first kappa shape index (κ1) is 51.1. The van der Waals surface area contributed by atoms with Crippen LogP contribution in [0.2, 0.25) is 0 Å². The lowest BCUT2D eigenvalue weighted by atomic mass is 9.73. The van der Waals surface area contributed by atoms with Gasteiger partial charge in [0.1, 0.15) is 34.6 Å². The Labute approximate surface area is 382 Å². The van der Waals surface area contributed by atoms with Crippen LogP contribution >= 0.6 is 0 Å². The summed E-state index contributed by atoms with van der Waals surface area (Å²) < 4.78 is 163. The van der Waals surface area contributed by atoms with Gasteiger partial charge < -0.3 is 37.9 Å². The standard InChI is InChI=1S/C49H52F8O10/c1-3-45(29-62-30-45)27-60-21-5-7-23-64-37-17-19-39(41(50)25-37)43(58)66-35-13-9-33(10-14-35)47(48(52,53)54,49(55,56)57)34-11-15-36(16-12-34)67-44(59)40-20-18-38(26-42(40)51)65-24-8-6-22-61-28-46(4-2)31-63-32-46/h9-20,25-26H,3-8,21-24,27-32H2,1-2H3. The normalized spacial score (nSPS) is 15.6. The van der Waals surface area contributed by atoms with Gasteiger partial charge in [0, 0.05) is 36.2 Å². The van der Waals surface area contributed by atoms with Gasteiger partial charge >= 0.3 is 24.3 Å². The number of alkyl halides is 6. The minimum Gasteiger partial charge on any atom is -0.493 e. The van der Waals surface area contributed by atoms with Gasteiger partial charge in [-0.05, 0) is 98.2 Å². The maximum Gasteiger partial charge on any atom is 0.411 e. The van der Waals surface area contributed by atoms with Gasteiger partial charge in [-0.15, -0.1) is 0 Å². The first-order valence-corrected chi connectivity index (χ1v) is 21.9. The Bertz CT molecular complexity index is 2090. The minimum absolute atomic E-state index is 0.0724. The van der Waals surface area contributed by atoms with Crippen LogP contribution in [0, 0.1) is 22.5 Å². The Morgan fingerprint density at radius 1 is 0.522 bits per heavy atom. The molecule has 2 aliphatic rings. The van der Waals surface area contributed by atoms with Gasteiger partial charge in [-0.1, -0.05) is 38.1 Å². The molecule has 0 aromatic heterocycles. The molecule has 0 N–H and O–H groups in total. The van der Waals surface area contributed by atoms with Gasteiger partial charge in [-0.2, -0.15) is 26.3 Å². The number of ether oxygens (including phenoxy) is 8. The molecule has 4 aromatic carbocycles. The monoisotopic (exact) mass is 952 g/mol. The molecule has 0 amide bonds. The van der Waals surface area contributed by atoms with Crippen LogP contribution in [0.25, 0.3) is 0 Å². The Morgan fingerprint density at radius 2 is 0.866 bits per heavy atom. The minimum atomic E-state index is -5.99. The second kappa shape index (κ2) is 22.2. The van der Waals surface area contributed by atoms with E-state index in [0.29, 0.717) is 127 Å². The smallest absolute Gasteiger partial charge is 0.411 e. The quantitative estimate of drug-likeness (QED) is 0.0292. The van der Waals surface area contributed by atoms with Gasteiger partial charge in [0.2, 0.25) is 5.41 Å². The Balaban J connectivity index is 1.02. The average Bonchev–Trinajstić information content (AvgIpc) is 3.25. The highest BCUT2D eigenvalue weighted by atomic mass is 19.4. The van der Waals surface area contributed by atoms with Crippen molar-refractivity contribution in [2.75, 3.05) is 66.1 Å². The molecular formula is C49H52F8O10. The maximum absolute atomic E-state index is 14.9. The SMILES string of the molecule is CCC1(COCCCCOc2ccc(C(=O)Oc3ccc(C(c4ccc(OC(=O)c5ccc(OCCCCOCC6(CC)COC6)cc5F)cc4)(C(F)(F)F)C(F)(F)F)cc3)c(F)c2)COC1. The van der Waals surface area contributed by atoms with Crippen molar-refractivity contribution in [3.05, 3.63) is 119 Å². The van der Waals surface area contributed by atoms with Gasteiger partial charge in [0.25, 0.3) is 0 Å². The second-order valence-corrected chi connectivity index (χ2v) is 16.8. The summed E-state index contributed by atoms with van der Waals surface area (Å²) in [5.74, 6) is -5.31. The molecule has 2 heterocycles. The van der Waals surface area contributed by atoms with Gasteiger partial charge in [0.15, 0.2) is 0 Å². The largest absolute Gasteiger partial charge is 0.493 e. The number of carbonyl (C=O) groups is 2. The molecule has 2 saturated heterocycles. The zero-order valence-corrected chi connectivity index (χ0v) is 37.0. The third-order valence-corrected chi connectivity index (χ3v) is 12.0. The van der Waals surface area contributed by atoms with Gasteiger partial charge in [-0.3, -0.25) is 0 Å². The van der Waals surface area contributed by atoms with Gasteiger partial charge in [-0.25, -0.2) is 18.4 Å². The molecule has 4 aromatic rings. The summed E-state index contributed by atoms with van der Waals surface area (Å²) in [5.41, 5.74) is -8.19. The first-order valence-electron chi connectivity index (χ1n) is 21.9. The average molecular weight is 953 g/mol. The van der Waals surface area contributed by atoms with Crippen molar-refractivity contribution in [2.24, 2.45) is 10.8 Å². The fourth-order valence-electron chi connectivity index (χ4n) is 7.48. The molecule has 2 aliphatic heterocycles. The Morgan fingerprint density at radius 3 is 1.16 bits per heavy atom. The zero-order chi connectivity index (χ0) is 48.3. The summed E-state index contributed by atoms with van der Waals surface area (Å²) >= 11 is 0. The molecular weight excluding hydrogens is 901 g/mol. The summed E-state index contributed by atoms with van der Waals surface area (Å²) in [6.45, 7) is 9.57. The number of carbonyl (C=O) groups excluding carboxylic acids is 2. The number of unbranched alkanes of at least 4 members (excludes halogenated alkanes) is 2. The topological polar surface area (TPSA) is 108 Å². The number of benzene rings is 4. The number of hydrogen-bond acceptors (Lipinski definition) is 10. The van der Waals surface area contributed by atoms with Crippen LogP contribution in [0.3, 0.4) is 0 Å². The lowest BCUT2D eigenvalue weighted by Crippen LogP contribution is -2.54. The summed E-state index contributed by atoms with van der Waals surface area (Å²) in [7, 11) is 0. The van der Waals surface area contributed by atoms with Crippen LogP contribution in [0.15, 0.2) is 84.9 Å². The molecule has 0 aliphatic carbocycles. The molecule has 0 spiro atoms. The lowest BCUT2D eigenvalue weighted by molar-refractivity contribution is -0.288. The van der Waals surface area contributed by atoms with E-state index < -0.39 is 75.1 Å². The molecule has 2 fully saturated rings. The van der Waals surface area contributed by atoms with Crippen LogP contribution in [0.1, 0.15) is 84.2 Å². The molecule has 6 rings (SSSR count). The van der Waals surface area contributed by atoms with Gasteiger partial charge in [0.05, 0.1) is 64.0 Å². The van der Waals surface area contributed by atoms with Crippen molar-refractivity contribution in [1.82, 2.24) is 0 Å². The summed E-state index contributed by atoms with van der Waals surface area (Å²) in [6.07, 6.45) is -7.48. The number of rotatable bonds is 24. The molecule has 0 atom stereocenters. The summed E-state index contributed by atoms with van der Waals surface area (Å²) in [4.78, 5) is 25.7. The van der Waals surface area contributed by atoms with E-state index in [1.165, 1.54) is 12.1 Å². The fourth-order valence-corrected chi connectivity index (χ4v) is 7.48. The highest BCUT2D eigenvalue weighted by Gasteiger charge is 2.72. The highest BCUT2D eigenvalue weighted by Crippen LogP contribution is 2.56. The molecule has 364 valence electrons. The van der Waals surface area contributed by atoms with E-state index in [0.717, 1.165) is 37.1 Å². The number of esters is 2. The van der Waals surface area contributed by atoms with Crippen molar-refractivity contribution >= 4 is 11.9 Å². The van der Waals surface area contributed by atoms with E-state index in [4.69, 9.17) is 37.9 Å². The Hall–Kier alpha value is -5.30. The molecule has 0 bridgehead atoms. The molecule has 0 unspecified atom stereocenters. The van der Waals surface area contributed by atoms with E-state index in [1.807, 2.05) is 0 Å². The highest BCUT2D eigenvalue weighted by molar-refractivity contribution is 5.92. The predicted octanol–water partition coefficient (Wildman–Crippen LogP) is 11.0. The molecule has 67 heavy (non-hydrogen) atoms. The molecule has 10 nitrogen and oxygen atoms in total. The molecule has 0 saturated carbocycles. The fraction of sp³-hybridized carbons (Fsp3) is 0.469. The van der Waals surface area contributed by atoms with E-state index in [2.05, 4.69) is 13.8 Å². The predicted molar refractivity (Wildman–Crippen MR) is 227 cm³/mol. The second-order valence-electron chi connectivity index (χ2n) is 16.8. The Kier molecular flexibility index (Phi) is 16.9. The number of hydrogen-bond donors (Lipinski definition) is 0. The van der Waals surface area contributed by atoms with E-state index >= 15 is 0 Å². The van der Waals surface area contributed by atoms with Crippen LogP contribution in [0.4, 0.5) is 35.1 Å². The zero-order valence-electron chi connectivity index (χ0n) is 37.0. The van der Waals surface area contributed by atoms with Crippen molar-refractivity contribution in [3.8, 4) is 23.0 Å². The van der Waals surface area contributed by atoms with Crippen molar-refractivity contribution in [2.45, 2.75) is 70.1 Å². The molecule has 18 heteroatoms.